The summed E-state index contributed by atoms with van der Waals surface area (Å²) in [6, 6.07) is 10.2. The first kappa shape index (κ1) is 21.9. The Morgan fingerprint density at radius 3 is 2.03 bits per heavy atom. The molecule has 9 nitrogen and oxygen atoms in total. The highest BCUT2D eigenvalue weighted by atomic mass is 19.1. The maximum atomic E-state index is 13.6. The zero-order valence-electron chi connectivity index (χ0n) is 15.2. The van der Waals surface area contributed by atoms with Crippen LogP contribution in [0.25, 0.3) is 0 Å². The van der Waals surface area contributed by atoms with Crippen molar-refractivity contribution in [2.45, 2.75) is 0 Å². The fourth-order valence-electron chi connectivity index (χ4n) is 2.32. The van der Waals surface area contributed by atoms with E-state index in [2.05, 4.69) is 10.3 Å². The maximum absolute atomic E-state index is 13.6. The predicted molar refractivity (Wildman–Crippen MR) is 105 cm³/mol. The van der Waals surface area contributed by atoms with Crippen LogP contribution in [0, 0.1) is 21.7 Å². The van der Waals surface area contributed by atoms with E-state index < -0.39 is 39.6 Å². The molecule has 0 spiro atoms. The lowest BCUT2D eigenvalue weighted by Crippen LogP contribution is -2.15. The maximum Gasteiger partial charge on any atom is 0.285 e. The number of primary amides is 1. The minimum Gasteiger partial charge on any atom is -0.398 e. The smallest absolute Gasteiger partial charge is 0.285 e. The molecule has 154 valence electrons. The van der Waals surface area contributed by atoms with Gasteiger partial charge in [0.25, 0.3) is 17.5 Å². The summed E-state index contributed by atoms with van der Waals surface area (Å²) in [5, 5.41) is 13.2. The summed E-state index contributed by atoms with van der Waals surface area (Å²) in [6.07, 6.45) is 2.87. The Kier molecular flexibility index (Phi) is 7.06. The number of nitrogen functional groups attached to an aromatic ring is 1. The van der Waals surface area contributed by atoms with Crippen LogP contribution in [0.5, 0.6) is 0 Å². The number of nitro benzene ring substituents is 1. The van der Waals surface area contributed by atoms with Gasteiger partial charge >= 0.3 is 0 Å². The largest absolute Gasteiger partial charge is 0.398 e. The van der Waals surface area contributed by atoms with Gasteiger partial charge in [0.05, 0.1) is 10.5 Å². The summed E-state index contributed by atoms with van der Waals surface area (Å²) in [5.74, 6) is -3.35. The van der Waals surface area contributed by atoms with E-state index in [1.54, 1.807) is 0 Å². The van der Waals surface area contributed by atoms with Gasteiger partial charge in [-0.15, -0.1) is 0 Å². The van der Waals surface area contributed by atoms with E-state index in [9.17, 15) is 28.5 Å². The Morgan fingerprint density at radius 2 is 1.53 bits per heavy atom. The van der Waals surface area contributed by atoms with Gasteiger partial charge in [0.2, 0.25) is 0 Å². The first-order chi connectivity index (χ1) is 14.2. The van der Waals surface area contributed by atoms with Gasteiger partial charge in [0.1, 0.15) is 11.6 Å². The van der Waals surface area contributed by atoms with Crippen molar-refractivity contribution < 1.29 is 23.3 Å². The number of aromatic nitrogens is 1. The van der Waals surface area contributed by atoms with Gasteiger partial charge in [-0.3, -0.25) is 24.7 Å². The van der Waals surface area contributed by atoms with Crippen LogP contribution in [0.3, 0.4) is 0 Å². The molecule has 5 N–H and O–H groups in total. The second kappa shape index (κ2) is 9.68. The lowest BCUT2D eigenvalue weighted by atomic mass is 10.1. The van der Waals surface area contributed by atoms with Crippen molar-refractivity contribution in [2.24, 2.45) is 5.73 Å². The highest BCUT2D eigenvalue weighted by molar-refractivity contribution is 6.07. The van der Waals surface area contributed by atoms with Crippen LogP contribution in [0.2, 0.25) is 0 Å². The first-order valence-corrected chi connectivity index (χ1v) is 8.20. The molecule has 0 aliphatic heterocycles. The van der Waals surface area contributed by atoms with Gasteiger partial charge < -0.3 is 16.8 Å². The number of amides is 2. The zero-order valence-corrected chi connectivity index (χ0v) is 15.2. The highest BCUT2D eigenvalue weighted by Gasteiger charge is 2.24. The Bertz CT molecular complexity index is 1070. The van der Waals surface area contributed by atoms with Gasteiger partial charge in [-0.05, 0) is 30.3 Å². The average molecular weight is 415 g/mol. The molecule has 11 heteroatoms. The molecular formula is C19H15F2N5O4. The number of nitrogens with zero attached hydrogens (tertiary/aromatic N) is 2. The van der Waals surface area contributed by atoms with Crippen molar-refractivity contribution in [1.29, 1.82) is 0 Å². The number of halogens is 2. The molecule has 0 aliphatic rings. The Balaban J connectivity index is 0.000000248. The number of nitrogens with one attached hydrogen (secondary N) is 1. The number of carbonyl (C=O) groups is 2. The molecule has 3 rings (SSSR count). The summed E-state index contributed by atoms with van der Waals surface area (Å²) in [6.45, 7) is 0. The summed E-state index contributed by atoms with van der Waals surface area (Å²) >= 11 is 0. The number of benzene rings is 2. The van der Waals surface area contributed by atoms with Gasteiger partial charge in [-0.2, -0.15) is 0 Å². The van der Waals surface area contributed by atoms with E-state index in [0.717, 1.165) is 18.2 Å². The molecule has 0 fully saturated rings. The minimum atomic E-state index is -0.944. The molecule has 2 amide bonds. The average Bonchev–Trinajstić information content (AvgIpc) is 2.68. The number of nitro groups is 1. The summed E-state index contributed by atoms with van der Waals surface area (Å²) < 4.78 is 26.3. The van der Waals surface area contributed by atoms with Crippen molar-refractivity contribution in [3.63, 3.8) is 0 Å². The van der Waals surface area contributed by atoms with Crippen molar-refractivity contribution in [3.05, 3.63) is 93.8 Å². The molecule has 3 aromatic rings. The molecular weight excluding hydrogens is 400 g/mol. The third-order valence-corrected chi connectivity index (χ3v) is 3.65. The molecule has 1 heterocycles. The number of anilines is 2. The number of pyridine rings is 1. The Morgan fingerprint density at radius 1 is 0.967 bits per heavy atom. The van der Waals surface area contributed by atoms with Gasteiger partial charge in [0.15, 0.2) is 5.56 Å². The van der Waals surface area contributed by atoms with E-state index in [4.69, 9.17) is 11.5 Å². The fraction of sp³-hybridized carbons (Fsp3) is 0. The molecule has 30 heavy (non-hydrogen) atoms. The normalized spacial score (nSPS) is 9.80. The molecule has 0 unspecified atom stereocenters. The van der Waals surface area contributed by atoms with Crippen LogP contribution >= 0.6 is 0 Å². The van der Waals surface area contributed by atoms with Crippen molar-refractivity contribution >= 4 is 28.9 Å². The monoisotopic (exact) mass is 415 g/mol. The summed E-state index contributed by atoms with van der Waals surface area (Å²) in [4.78, 5) is 36.2. The predicted octanol–water partition coefficient (Wildman–Crippen LogP) is 2.89. The summed E-state index contributed by atoms with van der Waals surface area (Å²) in [5.41, 5.74) is 9.16. The molecule has 0 bridgehead atoms. The zero-order chi connectivity index (χ0) is 22.3. The molecule has 0 aliphatic carbocycles. The number of hydrogen-bond donors (Lipinski definition) is 3. The van der Waals surface area contributed by atoms with Crippen molar-refractivity contribution in [3.8, 4) is 0 Å². The lowest BCUT2D eigenvalue weighted by Gasteiger charge is -2.06. The SMILES string of the molecule is NC(=O)c1c(N)cccc1F.O=C(Nc1ccncc1)c1c(F)cccc1[N+](=O)[O-]. The van der Waals surface area contributed by atoms with Gasteiger partial charge in [0, 0.05) is 29.8 Å². The lowest BCUT2D eigenvalue weighted by molar-refractivity contribution is -0.385. The van der Waals surface area contributed by atoms with Crippen LogP contribution in [0.1, 0.15) is 20.7 Å². The second-order valence-electron chi connectivity index (χ2n) is 5.65. The van der Waals surface area contributed by atoms with E-state index in [0.29, 0.717) is 5.69 Å². The number of carbonyl (C=O) groups excluding carboxylic acids is 2. The van der Waals surface area contributed by atoms with Crippen LogP contribution in [-0.4, -0.2) is 21.7 Å². The molecule has 1 aromatic heterocycles. The van der Waals surface area contributed by atoms with Crippen LogP contribution < -0.4 is 16.8 Å². The Hall–Kier alpha value is -4.41. The van der Waals surface area contributed by atoms with Crippen molar-refractivity contribution in [1.82, 2.24) is 4.98 Å². The van der Waals surface area contributed by atoms with Gasteiger partial charge in [-0.25, -0.2) is 8.78 Å². The van der Waals surface area contributed by atoms with Gasteiger partial charge in [-0.1, -0.05) is 12.1 Å². The van der Waals surface area contributed by atoms with Crippen LogP contribution in [0.4, 0.5) is 25.8 Å². The quantitative estimate of drug-likeness (QED) is 0.338. The number of rotatable bonds is 4. The minimum absolute atomic E-state index is 0.0671. The third kappa shape index (κ3) is 5.32. The fourth-order valence-corrected chi connectivity index (χ4v) is 2.32. The van der Waals surface area contributed by atoms with E-state index in [1.165, 1.54) is 42.7 Å². The number of nitrogens with two attached hydrogens (primary N) is 2. The molecule has 0 saturated carbocycles. The number of hydrogen-bond acceptors (Lipinski definition) is 6. The molecule has 0 saturated heterocycles. The second-order valence-corrected chi connectivity index (χ2v) is 5.65. The molecule has 0 atom stereocenters. The standard InChI is InChI=1S/C12H8FN3O3.C7H7FN2O/c13-9-2-1-3-10(16(18)19)11(9)12(17)15-8-4-6-14-7-5-8;8-4-2-1-3-5(9)6(4)7(10)11/h1-7H,(H,14,15,17);1-3H,9H2,(H2,10,11). The Labute approximate surface area is 168 Å². The van der Waals surface area contributed by atoms with E-state index in [1.807, 2.05) is 0 Å². The van der Waals surface area contributed by atoms with Crippen LogP contribution in [0.15, 0.2) is 60.9 Å². The van der Waals surface area contributed by atoms with E-state index in [-0.39, 0.29) is 11.3 Å². The summed E-state index contributed by atoms with van der Waals surface area (Å²) in [7, 11) is 0. The molecule has 2 aromatic carbocycles. The van der Waals surface area contributed by atoms with Crippen molar-refractivity contribution in [2.75, 3.05) is 11.1 Å². The highest BCUT2D eigenvalue weighted by Crippen LogP contribution is 2.22. The van der Waals surface area contributed by atoms with Crippen LogP contribution in [-0.2, 0) is 0 Å². The molecule has 0 radical (unpaired) electrons. The third-order valence-electron chi connectivity index (χ3n) is 3.65. The first-order valence-electron chi connectivity index (χ1n) is 8.20. The van der Waals surface area contributed by atoms with E-state index >= 15 is 0 Å². The topological polar surface area (TPSA) is 154 Å².